The second-order valence-electron chi connectivity index (χ2n) is 6.10. The topological polar surface area (TPSA) is 158 Å². The molecule has 0 amide bonds. The number of aliphatic hydroxyl groups excluding tert-OH is 2. The first-order valence-corrected chi connectivity index (χ1v) is 11.3. The minimum Gasteiger partial charge on any atom is -0.394 e. The summed E-state index contributed by atoms with van der Waals surface area (Å²) >= 11 is 0. The molecule has 0 aliphatic carbocycles. The van der Waals surface area contributed by atoms with Gasteiger partial charge in [0.1, 0.15) is 0 Å². The molecule has 0 radical (unpaired) electrons. The Morgan fingerprint density at radius 2 is 1.04 bits per heavy atom. The summed E-state index contributed by atoms with van der Waals surface area (Å²) in [5, 5.41) is 16.5. The van der Waals surface area contributed by atoms with Crippen molar-refractivity contribution in [2.75, 3.05) is 46.2 Å². The van der Waals surface area contributed by atoms with Gasteiger partial charge in [-0.15, -0.1) is 0 Å². The maximum Gasteiger partial charge on any atom is 0.397 e. The molecular weight excluding hydrogens is 390 g/mol. The fraction of sp³-hybridized carbons (Fsp3) is 1.00. The van der Waals surface area contributed by atoms with E-state index >= 15 is 0 Å². The van der Waals surface area contributed by atoms with Crippen LogP contribution in [0.2, 0.25) is 0 Å². The molecule has 0 heterocycles. The van der Waals surface area contributed by atoms with Crippen LogP contribution in [-0.4, -0.2) is 69.4 Å². The number of ether oxygens (including phenoxy) is 2. The van der Waals surface area contributed by atoms with Gasteiger partial charge in [0, 0.05) is 0 Å². The van der Waals surface area contributed by atoms with Gasteiger partial charge in [-0.3, -0.25) is 4.55 Å². The van der Waals surface area contributed by atoms with E-state index in [9.17, 15) is 8.42 Å². The number of rotatable bonds is 19. The van der Waals surface area contributed by atoms with Gasteiger partial charge in [0.15, 0.2) is 0 Å². The van der Waals surface area contributed by atoms with E-state index in [0.717, 1.165) is 12.8 Å². The SMILES string of the molecule is CCCCCCCCCCCCOS(=O)(=O)O.N.OCCOCCOCCO. The van der Waals surface area contributed by atoms with Crippen molar-refractivity contribution in [2.24, 2.45) is 0 Å². The van der Waals surface area contributed by atoms with Crippen LogP contribution in [0.4, 0.5) is 0 Å². The van der Waals surface area contributed by atoms with Crippen LogP contribution in [0.5, 0.6) is 0 Å². The van der Waals surface area contributed by atoms with Gasteiger partial charge in [0.05, 0.1) is 46.2 Å². The minimum atomic E-state index is -4.23. The summed E-state index contributed by atoms with van der Waals surface area (Å²) in [6, 6.07) is 0. The highest BCUT2D eigenvalue weighted by molar-refractivity contribution is 7.80. The Bertz CT molecular complexity index is 361. The van der Waals surface area contributed by atoms with E-state index < -0.39 is 10.4 Å². The van der Waals surface area contributed by atoms with Gasteiger partial charge in [-0.05, 0) is 6.42 Å². The second kappa shape index (κ2) is 26.7. The third-order valence-electron chi connectivity index (χ3n) is 3.57. The van der Waals surface area contributed by atoms with Gasteiger partial charge in [-0.25, -0.2) is 4.18 Å². The molecule has 0 rings (SSSR count). The lowest BCUT2D eigenvalue weighted by Crippen LogP contribution is -2.09. The molecule has 0 saturated heterocycles. The summed E-state index contributed by atoms with van der Waals surface area (Å²) < 4.78 is 42.7. The fourth-order valence-corrected chi connectivity index (χ4v) is 2.53. The zero-order valence-electron chi connectivity index (χ0n) is 17.5. The van der Waals surface area contributed by atoms with E-state index in [2.05, 4.69) is 11.1 Å². The van der Waals surface area contributed by atoms with Crippen LogP contribution in [0, 0.1) is 0 Å². The van der Waals surface area contributed by atoms with Crippen LogP contribution >= 0.6 is 0 Å². The molecule has 0 aliphatic rings. The van der Waals surface area contributed by atoms with E-state index in [1.165, 1.54) is 44.9 Å². The Hall–Kier alpha value is -0.330. The number of hydrogen-bond donors (Lipinski definition) is 4. The average molecular weight is 434 g/mol. The summed E-state index contributed by atoms with van der Waals surface area (Å²) in [4.78, 5) is 0. The average Bonchev–Trinajstić information content (AvgIpc) is 2.62. The van der Waals surface area contributed by atoms with Crippen molar-refractivity contribution in [3.63, 3.8) is 0 Å². The Labute approximate surface area is 171 Å². The number of aliphatic hydroxyl groups is 2. The molecule has 0 fully saturated rings. The molecule has 174 valence electrons. The quantitative estimate of drug-likeness (QED) is 0.177. The van der Waals surface area contributed by atoms with E-state index in [-0.39, 0.29) is 26.0 Å². The van der Waals surface area contributed by atoms with Gasteiger partial charge >= 0.3 is 10.4 Å². The third-order valence-corrected chi connectivity index (χ3v) is 4.04. The van der Waals surface area contributed by atoms with Crippen molar-refractivity contribution in [3.8, 4) is 0 Å². The normalized spacial score (nSPS) is 10.9. The van der Waals surface area contributed by atoms with Crippen LogP contribution < -0.4 is 6.15 Å². The summed E-state index contributed by atoms with van der Waals surface area (Å²) in [6.45, 7) is 4.04. The lowest BCUT2D eigenvalue weighted by Gasteiger charge is -2.02. The number of unbranched alkanes of at least 4 members (excludes halogenated alkanes) is 9. The van der Waals surface area contributed by atoms with Gasteiger partial charge in [0.25, 0.3) is 0 Å². The van der Waals surface area contributed by atoms with E-state index in [0.29, 0.717) is 32.8 Å². The van der Waals surface area contributed by atoms with E-state index in [1.807, 2.05) is 0 Å². The smallest absolute Gasteiger partial charge is 0.394 e. The van der Waals surface area contributed by atoms with Crippen molar-refractivity contribution in [3.05, 3.63) is 0 Å². The van der Waals surface area contributed by atoms with E-state index in [1.54, 1.807) is 0 Å². The van der Waals surface area contributed by atoms with Crippen molar-refractivity contribution in [1.82, 2.24) is 6.15 Å². The molecule has 0 aromatic heterocycles. The zero-order chi connectivity index (χ0) is 20.6. The van der Waals surface area contributed by atoms with Crippen molar-refractivity contribution in [2.45, 2.75) is 71.1 Å². The van der Waals surface area contributed by atoms with Crippen LogP contribution in [0.25, 0.3) is 0 Å². The second-order valence-corrected chi connectivity index (χ2v) is 7.19. The van der Waals surface area contributed by atoms with Crippen molar-refractivity contribution >= 4 is 10.4 Å². The van der Waals surface area contributed by atoms with Crippen LogP contribution in [0.1, 0.15) is 71.1 Å². The van der Waals surface area contributed by atoms with Crippen LogP contribution in [0.3, 0.4) is 0 Å². The standard InChI is InChI=1S/C12H26O4S.C6H14O4.H3N/c1-2-3-4-5-6-7-8-9-10-11-12-16-17(13,14)15;7-1-3-9-5-6-10-4-2-8;/h2-12H2,1H3,(H,13,14,15);7-8H,1-6H2;1H3. The molecule has 0 bridgehead atoms. The predicted octanol–water partition coefficient (Wildman–Crippen LogP) is 2.89. The molecule has 0 aromatic rings. The third kappa shape index (κ3) is 36.6. The molecule has 28 heavy (non-hydrogen) atoms. The molecule has 10 heteroatoms. The Kier molecular flexibility index (Phi) is 30.8. The van der Waals surface area contributed by atoms with Crippen LogP contribution in [0.15, 0.2) is 0 Å². The lowest BCUT2D eigenvalue weighted by molar-refractivity contribution is 0.0222. The molecule has 0 spiro atoms. The molecule has 0 atom stereocenters. The van der Waals surface area contributed by atoms with E-state index in [4.69, 9.17) is 24.2 Å². The number of hydrogen-bond acceptors (Lipinski definition) is 8. The highest BCUT2D eigenvalue weighted by Gasteiger charge is 2.02. The zero-order valence-corrected chi connectivity index (χ0v) is 18.3. The lowest BCUT2D eigenvalue weighted by atomic mass is 10.1. The Balaban J connectivity index is -0.000000489. The maximum atomic E-state index is 10.2. The highest BCUT2D eigenvalue weighted by Crippen LogP contribution is 2.10. The predicted molar refractivity (Wildman–Crippen MR) is 110 cm³/mol. The molecule has 0 aliphatic heterocycles. The minimum absolute atomic E-state index is 0. The molecule has 0 saturated carbocycles. The molecule has 0 aromatic carbocycles. The summed E-state index contributed by atoms with van der Waals surface area (Å²) in [6.07, 6.45) is 11.9. The highest BCUT2D eigenvalue weighted by atomic mass is 32.3. The van der Waals surface area contributed by atoms with Gasteiger partial charge in [-0.1, -0.05) is 64.7 Å². The Morgan fingerprint density at radius 3 is 1.39 bits per heavy atom. The first-order valence-electron chi connectivity index (χ1n) is 9.97. The molecular formula is C18H43NO8S. The first kappa shape index (κ1) is 32.3. The Morgan fingerprint density at radius 1 is 0.643 bits per heavy atom. The van der Waals surface area contributed by atoms with Gasteiger partial charge < -0.3 is 25.8 Å². The largest absolute Gasteiger partial charge is 0.397 e. The van der Waals surface area contributed by atoms with Gasteiger partial charge in [-0.2, -0.15) is 8.42 Å². The molecule has 9 nitrogen and oxygen atoms in total. The maximum absolute atomic E-state index is 10.2. The van der Waals surface area contributed by atoms with Crippen LogP contribution in [-0.2, 0) is 24.1 Å². The summed E-state index contributed by atoms with van der Waals surface area (Å²) in [5.74, 6) is 0. The summed E-state index contributed by atoms with van der Waals surface area (Å²) in [5.41, 5.74) is 0. The molecule has 6 N–H and O–H groups in total. The first-order chi connectivity index (χ1) is 13.0. The summed E-state index contributed by atoms with van der Waals surface area (Å²) in [7, 11) is -4.23. The molecule has 0 unspecified atom stereocenters. The monoisotopic (exact) mass is 433 g/mol. The fourth-order valence-electron chi connectivity index (χ4n) is 2.20. The van der Waals surface area contributed by atoms with Crippen molar-refractivity contribution < 1.29 is 36.8 Å². The van der Waals surface area contributed by atoms with Gasteiger partial charge in [0.2, 0.25) is 0 Å². The van der Waals surface area contributed by atoms with Crippen molar-refractivity contribution in [1.29, 1.82) is 0 Å².